The second-order valence-corrected chi connectivity index (χ2v) is 2.51. The number of carbonyl (C=O) groups excluding carboxylic acids is 1. The maximum absolute atomic E-state index is 10.5. The number of carbonyl (C=O) groups is 2. The first-order valence-corrected chi connectivity index (χ1v) is 4.42. The minimum absolute atomic E-state index is 0.0365. The predicted octanol–water partition coefficient (Wildman–Crippen LogP) is 0.529. The summed E-state index contributed by atoms with van der Waals surface area (Å²) in [5, 5.41) is 8.28. The smallest absolute Gasteiger partial charge is 0.330 e. The summed E-state index contributed by atoms with van der Waals surface area (Å²) < 4.78 is 4.58. The number of esters is 1. The van der Waals surface area contributed by atoms with Gasteiger partial charge in [-0.05, 0) is 6.42 Å². The second-order valence-electron chi connectivity index (χ2n) is 2.51. The van der Waals surface area contributed by atoms with Crippen LogP contribution in [0.5, 0.6) is 0 Å². The van der Waals surface area contributed by atoms with Crippen molar-refractivity contribution < 1.29 is 29.2 Å². The van der Waals surface area contributed by atoms with E-state index in [1.807, 2.05) is 0 Å². The molecule has 0 heterocycles. The van der Waals surface area contributed by atoms with Crippen molar-refractivity contribution in [2.75, 3.05) is 19.8 Å². The Labute approximate surface area is 87.4 Å². The normalized spacial score (nSPS) is 9.60. The van der Waals surface area contributed by atoms with E-state index >= 15 is 0 Å². The van der Waals surface area contributed by atoms with Gasteiger partial charge in [0.25, 0.3) is 0 Å². The van der Waals surface area contributed by atoms with Gasteiger partial charge in [-0.15, -0.1) is 0 Å². The molecule has 0 unspecified atom stereocenters. The number of hydrogen-bond acceptors (Lipinski definition) is 5. The Bertz CT molecular complexity index is 213. The molecule has 0 spiro atoms. The summed E-state index contributed by atoms with van der Waals surface area (Å²) in [6, 6.07) is 0. The highest BCUT2D eigenvalue weighted by molar-refractivity contribution is 5.81. The fourth-order valence-corrected chi connectivity index (χ4v) is 0.635. The van der Waals surface area contributed by atoms with Crippen LogP contribution >= 0.6 is 0 Å². The van der Waals surface area contributed by atoms with Crippen LogP contribution in [0.2, 0.25) is 0 Å². The molecule has 0 amide bonds. The van der Waals surface area contributed by atoms with E-state index in [4.69, 9.17) is 5.11 Å². The molecule has 6 heteroatoms. The van der Waals surface area contributed by atoms with E-state index in [9.17, 15) is 9.59 Å². The highest BCUT2D eigenvalue weighted by Gasteiger charge is 1.98. The van der Waals surface area contributed by atoms with Gasteiger partial charge >= 0.3 is 11.9 Å². The first-order chi connectivity index (χ1) is 7.16. The molecule has 0 aromatic carbocycles. The molecule has 0 aromatic rings. The molecule has 0 rings (SSSR count). The number of carboxylic acid groups (broad SMARTS) is 1. The third-order valence-electron chi connectivity index (χ3n) is 1.28. The molecular formula is C9H14O6. The van der Waals surface area contributed by atoms with Gasteiger partial charge in [0.05, 0.1) is 6.61 Å². The van der Waals surface area contributed by atoms with Crippen LogP contribution in [-0.2, 0) is 24.1 Å². The summed E-state index contributed by atoms with van der Waals surface area (Å²) in [7, 11) is 0. The lowest BCUT2D eigenvalue weighted by atomic mass is 10.3. The molecule has 0 radical (unpaired) electrons. The summed E-state index contributed by atoms with van der Waals surface area (Å²) in [6.45, 7) is 3.59. The zero-order valence-corrected chi connectivity index (χ0v) is 8.31. The minimum Gasteiger partial charge on any atom is -0.481 e. The average molecular weight is 218 g/mol. The standard InChI is InChI=1S/C9H14O6/c1-2-9(12)13-6-7-15-14-5-3-4-8(10)11/h2H,1,3-7H2,(H,10,11). The molecule has 0 saturated carbocycles. The molecule has 0 aromatic heterocycles. The molecule has 0 saturated heterocycles. The van der Waals surface area contributed by atoms with Crippen molar-refractivity contribution in [2.24, 2.45) is 0 Å². The lowest BCUT2D eigenvalue weighted by molar-refractivity contribution is -0.298. The summed E-state index contributed by atoms with van der Waals surface area (Å²) in [5.41, 5.74) is 0. The predicted molar refractivity (Wildman–Crippen MR) is 49.9 cm³/mol. The maximum Gasteiger partial charge on any atom is 0.330 e. The fraction of sp³-hybridized carbons (Fsp3) is 0.556. The van der Waals surface area contributed by atoms with Gasteiger partial charge in [0.2, 0.25) is 0 Å². The van der Waals surface area contributed by atoms with Crippen LogP contribution in [-0.4, -0.2) is 36.9 Å². The number of aliphatic carboxylic acids is 1. The fourth-order valence-electron chi connectivity index (χ4n) is 0.635. The van der Waals surface area contributed by atoms with E-state index in [-0.39, 0.29) is 26.2 Å². The van der Waals surface area contributed by atoms with Crippen LogP contribution < -0.4 is 0 Å². The summed E-state index contributed by atoms with van der Waals surface area (Å²) in [5.74, 6) is -1.40. The van der Waals surface area contributed by atoms with Crippen LogP contribution in [0, 0.1) is 0 Å². The van der Waals surface area contributed by atoms with Gasteiger partial charge in [0.1, 0.15) is 13.2 Å². The Morgan fingerprint density at radius 3 is 2.47 bits per heavy atom. The zero-order valence-electron chi connectivity index (χ0n) is 8.31. The molecule has 1 N–H and O–H groups in total. The lowest BCUT2D eigenvalue weighted by Gasteiger charge is -2.03. The van der Waals surface area contributed by atoms with Crippen LogP contribution in [0.1, 0.15) is 12.8 Å². The molecule has 6 nitrogen and oxygen atoms in total. The van der Waals surface area contributed by atoms with Gasteiger partial charge in [-0.1, -0.05) is 6.58 Å². The molecular weight excluding hydrogens is 204 g/mol. The number of carboxylic acids is 1. The molecule has 0 bridgehead atoms. The average Bonchev–Trinajstić information content (AvgIpc) is 2.21. The number of rotatable bonds is 9. The van der Waals surface area contributed by atoms with E-state index in [0.29, 0.717) is 6.42 Å². The molecule has 86 valence electrons. The number of hydrogen-bond donors (Lipinski definition) is 1. The molecule has 15 heavy (non-hydrogen) atoms. The SMILES string of the molecule is C=CC(=O)OCCOOCCCC(=O)O. The van der Waals surface area contributed by atoms with E-state index in [1.54, 1.807) is 0 Å². The monoisotopic (exact) mass is 218 g/mol. The van der Waals surface area contributed by atoms with Gasteiger partial charge in [0.15, 0.2) is 0 Å². The molecule has 0 fully saturated rings. The second kappa shape index (κ2) is 9.17. The Morgan fingerprint density at radius 1 is 1.20 bits per heavy atom. The topological polar surface area (TPSA) is 82.1 Å². The van der Waals surface area contributed by atoms with Crippen molar-refractivity contribution in [2.45, 2.75) is 12.8 Å². The van der Waals surface area contributed by atoms with Gasteiger partial charge in [0, 0.05) is 12.5 Å². The molecule has 0 atom stereocenters. The first kappa shape index (κ1) is 13.6. The van der Waals surface area contributed by atoms with Crippen LogP contribution in [0.25, 0.3) is 0 Å². The summed E-state index contributed by atoms with van der Waals surface area (Å²) in [4.78, 5) is 29.8. The van der Waals surface area contributed by atoms with Gasteiger partial charge in [-0.2, -0.15) is 0 Å². The minimum atomic E-state index is -0.876. The molecule has 0 aliphatic rings. The largest absolute Gasteiger partial charge is 0.481 e. The van der Waals surface area contributed by atoms with Crippen molar-refractivity contribution in [3.8, 4) is 0 Å². The zero-order chi connectivity index (χ0) is 11.5. The lowest BCUT2D eigenvalue weighted by Crippen LogP contribution is -2.09. The first-order valence-electron chi connectivity index (χ1n) is 4.42. The van der Waals surface area contributed by atoms with Crippen LogP contribution in [0.3, 0.4) is 0 Å². The Balaban J connectivity index is 3.08. The third kappa shape index (κ3) is 10.5. The molecule has 0 aliphatic carbocycles. The van der Waals surface area contributed by atoms with Crippen molar-refractivity contribution in [3.63, 3.8) is 0 Å². The Kier molecular flexibility index (Phi) is 8.31. The van der Waals surface area contributed by atoms with E-state index in [2.05, 4.69) is 21.1 Å². The Morgan fingerprint density at radius 2 is 1.87 bits per heavy atom. The number of ether oxygens (including phenoxy) is 1. The van der Waals surface area contributed by atoms with E-state index in [1.165, 1.54) is 0 Å². The van der Waals surface area contributed by atoms with Crippen LogP contribution in [0.15, 0.2) is 12.7 Å². The highest BCUT2D eigenvalue weighted by atomic mass is 17.2. The van der Waals surface area contributed by atoms with Crippen molar-refractivity contribution in [3.05, 3.63) is 12.7 Å². The van der Waals surface area contributed by atoms with E-state index < -0.39 is 11.9 Å². The highest BCUT2D eigenvalue weighted by Crippen LogP contribution is 1.91. The quantitative estimate of drug-likeness (QED) is 0.200. The van der Waals surface area contributed by atoms with Gasteiger partial charge < -0.3 is 9.84 Å². The molecule has 0 aliphatic heterocycles. The summed E-state index contributed by atoms with van der Waals surface area (Å²) in [6.07, 6.45) is 1.46. The Hall–Kier alpha value is -1.40. The third-order valence-corrected chi connectivity index (χ3v) is 1.28. The van der Waals surface area contributed by atoms with E-state index in [0.717, 1.165) is 6.08 Å². The van der Waals surface area contributed by atoms with Crippen molar-refractivity contribution in [1.29, 1.82) is 0 Å². The van der Waals surface area contributed by atoms with Crippen molar-refractivity contribution in [1.82, 2.24) is 0 Å². The van der Waals surface area contributed by atoms with Crippen LogP contribution in [0.4, 0.5) is 0 Å². The summed E-state index contributed by atoms with van der Waals surface area (Å²) >= 11 is 0. The van der Waals surface area contributed by atoms with Gasteiger partial charge in [-0.25, -0.2) is 14.6 Å². The van der Waals surface area contributed by atoms with Crippen molar-refractivity contribution >= 4 is 11.9 Å². The maximum atomic E-state index is 10.5. The van der Waals surface area contributed by atoms with Gasteiger partial charge in [-0.3, -0.25) is 4.79 Å².